The van der Waals surface area contributed by atoms with Crippen molar-refractivity contribution in [2.75, 3.05) is 5.75 Å². The number of thioether (sulfide) groups is 1. The average molecular weight is 209 g/mol. The zero-order valence-electron chi connectivity index (χ0n) is 8.62. The molecule has 0 amide bonds. The van der Waals surface area contributed by atoms with Crippen molar-refractivity contribution >= 4 is 11.8 Å². The van der Waals surface area contributed by atoms with E-state index in [0.717, 1.165) is 29.4 Å². The molecular weight excluding hydrogens is 194 g/mol. The Morgan fingerprint density at radius 3 is 2.79 bits per heavy atom. The Bertz CT molecular complexity index is 313. The molecule has 3 heteroatoms. The molecule has 1 rings (SSSR count). The molecule has 0 aliphatic carbocycles. The van der Waals surface area contributed by atoms with Gasteiger partial charge in [0.2, 0.25) is 0 Å². The van der Waals surface area contributed by atoms with Crippen molar-refractivity contribution in [3.05, 3.63) is 23.7 Å². The number of hydrogen-bond donors (Lipinski definition) is 0. The molecule has 1 aromatic heterocycles. The molecule has 76 valence electrons. The molecule has 0 radical (unpaired) electrons. The quantitative estimate of drug-likeness (QED) is 0.747. The highest BCUT2D eigenvalue weighted by Gasteiger charge is 2.03. The van der Waals surface area contributed by atoms with Crippen molar-refractivity contribution < 1.29 is 4.42 Å². The minimum Gasteiger partial charge on any atom is -0.465 e. The minimum absolute atomic E-state index is 0.126. The van der Waals surface area contributed by atoms with Crippen LogP contribution in [0.3, 0.4) is 0 Å². The van der Waals surface area contributed by atoms with E-state index < -0.39 is 0 Å². The van der Waals surface area contributed by atoms with Gasteiger partial charge in [0.25, 0.3) is 0 Å². The van der Waals surface area contributed by atoms with Crippen molar-refractivity contribution in [2.45, 2.75) is 26.0 Å². The zero-order chi connectivity index (χ0) is 10.4. The van der Waals surface area contributed by atoms with Gasteiger partial charge in [-0.2, -0.15) is 17.0 Å². The molecule has 1 heterocycles. The smallest absolute Gasteiger partial charge is 0.114 e. The molecule has 0 saturated carbocycles. The first-order chi connectivity index (χ1) is 6.76. The summed E-state index contributed by atoms with van der Waals surface area (Å²) in [7, 11) is 0. The summed E-state index contributed by atoms with van der Waals surface area (Å²) in [6.45, 7) is 4.01. The van der Waals surface area contributed by atoms with E-state index in [1.807, 2.05) is 19.1 Å². The van der Waals surface area contributed by atoms with E-state index >= 15 is 0 Å². The lowest BCUT2D eigenvalue weighted by atomic mass is 10.3. The van der Waals surface area contributed by atoms with Crippen LogP contribution < -0.4 is 0 Å². The van der Waals surface area contributed by atoms with Gasteiger partial charge < -0.3 is 4.42 Å². The van der Waals surface area contributed by atoms with E-state index in [1.165, 1.54) is 0 Å². The van der Waals surface area contributed by atoms with Crippen LogP contribution in [0.2, 0.25) is 0 Å². The Balaban J connectivity index is 2.28. The predicted molar refractivity (Wildman–Crippen MR) is 59.0 cm³/mol. The first-order valence-electron chi connectivity index (χ1n) is 4.81. The Labute approximate surface area is 89.3 Å². The number of hydrogen-bond acceptors (Lipinski definition) is 3. The number of nitrogens with zero attached hydrogens (tertiary/aromatic N) is 1. The maximum atomic E-state index is 8.59. The van der Waals surface area contributed by atoms with E-state index in [9.17, 15) is 0 Å². The molecule has 1 aromatic rings. The number of aryl methyl sites for hydroxylation is 1. The molecule has 0 aromatic carbocycles. The summed E-state index contributed by atoms with van der Waals surface area (Å²) < 4.78 is 5.54. The average Bonchev–Trinajstić information content (AvgIpc) is 2.65. The third-order valence-electron chi connectivity index (χ3n) is 1.90. The topological polar surface area (TPSA) is 36.9 Å². The van der Waals surface area contributed by atoms with Gasteiger partial charge in [-0.05, 0) is 19.1 Å². The monoisotopic (exact) mass is 209 g/mol. The fourth-order valence-electron chi connectivity index (χ4n) is 1.06. The molecule has 0 fully saturated rings. The number of rotatable bonds is 5. The molecule has 0 spiro atoms. The minimum atomic E-state index is 0.126. The van der Waals surface area contributed by atoms with Crippen LogP contribution in [0.4, 0.5) is 0 Å². The fraction of sp³-hybridized carbons (Fsp3) is 0.545. The number of nitriles is 1. The highest BCUT2D eigenvalue weighted by Crippen LogP contribution is 2.17. The van der Waals surface area contributed by atoms with Crippen LogP contribution in [0, 0.1) is 17.2 Å². The van der Waals surface area contributed by atoms with E-state index in [-0.39, 0.29) is 5.92 Å². The van der Waals surface area contributed by atoms with Gasteiger partial charge in [-0.25, -0.2) is 0 Å². The lowest BCUT2D eigenvalue weighted by molar-refractivity contribution is 0.485. The summed E-state index contributed by atoms with van der Waals surface area (Å²) in [5, 5.41) is 8.59. The molecule has 0 saturated heterocycles. The van der Waals surface area contributed by atoms with Gasteiger partial charge in [-0.15, -0.1) is 0 Å². The molecule has 14 heavy (non-hydrogen) atoms. The third kappa shape index (κ3) is 3.47. The van der Waals surface area contributed by atoms with Crippen LogP contribution in [-0.2, 0) is 12.2 Å². The molecule has 1 unspecified atom stereocenters. The largest absolute Gasteiger partial charge is 0.465 e. The van der Waals surface area contributed by atoms with Crippen molar-refractivity contribution in [2.24, 2.45) is 5.92 Å². The molecule has 0 aliphatic heterocycles. The second-order valence-corrected chi connectivity index (χ2v) is 4.30. The van der Waals surface area contributed by atoms with E-state index in [0.29, 0.717) is 0 Å². The molecular formula is C11H15NOS. The molecule has 0 bridgehead atoms. The van der Waals surface area contributed by atoms with Crippen LogP contribution in [0.1, 0.15) is 25.4 Å². The maximum absolute atomic E-state index is 8.59. The Morgan fingerprint density at radius 2 is 2.21 bits per heavy atom. The van der Waals surface area contributed by atoms with Crippen molar-refractivity contribution in [1.29, 1.82) is 5.26 Å². The van der Waals surface area contributed by atoms with Gasteiger partial charge in [0, 0.05) is 12.2 Å². The first kappa shape index (κ1) is 11.2. The van der Waals surface area contributed by atoms with E-state index in [4.69, 9.17) is 9.68 Å². The van der Waals surface area contributed by atoms with Crippen LogP contribution in [0.15, 0.2) is 16.5 Å². The van der Waals surface area contributed by atoms with Crippen LogP contribution in [0.5, 0.6) is 0 Å². The Kier molecular flexibility index (Phi) is 4.61. The lowest BCUT2D eigenvalue weighted by Gasteiger charge is -2.00. The SMILES string of the molecule is CCc1ccc(CSCC(C)C#N)o1. The standard InChI is InChI=1S/C11H15NOS/c1-3-10-4-5-11(13-10)8-14-7-9(2)6-12/h4-5,9H,3,7-8H2,1-2H3. The first-order valence-corrected chi connectivity index (χ1v) is 5.96. The number of furan rings is 1. The second-order valence-electron chi connectivity index (χ2n) is 3.27. The second kappa shape index (κ2) is 5.77. The summed E-state index contributed by atoms with van der Waals surface area (Å²) >= 11 is 1.75. The zero-order valence-corrected chi connectivity index (χ0v) is 9.43. The van der Waals surface area contributed by atoms with Gasteiger partial charge in [0.1, 0.15) is 11.5 Å². The normalized spacial score (nSPS) is 12.4. The van der Waals surface area contributed by atoms with Gasteiger partial charge >= 0.3 is 0 Å². The van der Waals surface area contributed by atoms with Crippen molar-refractivity contribution in [1.82, 2.24) is 0 Å². The summed E-state index contributed by atoms with van der Waals surface area (Å²) in [6, 6.07) is 6.25. The third-order valence-corrected chi connectivity index (χ3v) is 3.12. The van der Waals surface area contributed by atoms with Crippen LogP contribution >= 0.6 is 11.8 Å². The van der Waals surface area contributed by atoms with Gasteiger partial charge in [-0.3, -0.25) is 0 Å². The van der Waals surface area contributed by atoms with Crippen LogP contribution in [-0.4, -0.2) is 5.75 Å². The van der Waals surface area contributed by atoms with Gasteiger partial charge in [-0.1, -0.05) is 6.92 Å². The van der Waals surface area contributed by atoms with Crippen LogP contribution in [0.25, 0.3) is 0 Å². The highest BCUT2D eigenvalue weighted by molar-refractivity contribution is 7.98. The maximum Gasteiger partial charge on any atom is 0.114 e. The summed E-state index contributed by atoms with van der Waals surface area (Å²) in [4.78, 5) is 0. The molecule has 2 nitrogen and oxygen atoms in total. The van der Waals surface area contributed by atoms with E-state index in [1.54, 1.807) is 11.8 Å². The van der Waals surface area contributed by atoms with E-state index in [2.05, 4.69) is 13.0 Å². The highest BCUT2D eigenvalue weighted by atomic mass is 32.2. The molecule has 0 N–H and O–H groups in total. The Hall–Kier alpha value is -0.880. The van der Waals surface area contributed by atoms with Crippen molar-refractivity contribution in [3.63, 3.8) is 0 Å². The predicted octanol–water partition coefficient (Wildman–Crippen LogP) is 3.23. The molecule has 0 aliphatic rings. The molecule has 1 atom stereocenters. The lowest BCUT2D eigenvalue weighted by Crippen LogP contribution is -1.93. The summed E-state index contributed by atoms with van der Waals surface area (Å²) in [6.07, 6.45) is 0.944. The van der Waals surface area contributed by atoms with Gasteiger partial charge in [0.05, 0.1) is 17.7 Å². The van der Waals surface area contributed by atoms with Gasteiger partial charge in [0.15, 0.2) is 0 Å². The fourth-order valence-corrected chi connectivity index (χ4v) is 1.97. The summed E-state index contributed by atoms with van der Waals surface area (Å²) in [5.74, 6) is 3.91. The Morgan fingerprint density at radius 1 is 1.50 bits per heavy atom. The summed E-state index contributed by atoms with van der Waals surface area (Å²) in [5.41, 5.74) is 0. The van der Waals surface area contributed by atoms with Crippen molar-refractivity contribution in [3.8, 4) is 6.07 Å².